The van der Waals surface area contributed by atoms with Gasteiger partial charge in [0.1, 0.15) is 0 Å². The third-order valence-electron chi connectivity index (χ3n) is 8.48. The molecule has 0 spiro atoms. The fraction of sp³-hybridized carbons (Fsp3) is 0.333. The van der Waals surface area contributed by atoms with Crippen molar-refractivity contribution in [2.45, 2.75) is 46.2 Å². The van der Waals surface area contributed by atoms with E-state index in [1.54, 1.807) is 6.07 Å². The molecule has 4 aromatic rings. The van der Waals surface area contributed by atoms with Crippen LogP contribution in [0.5, 0.6) is 0 Å². The van der Waals surface area contributed by atoms with Crippen LogP contribution in [0, 0.1) is 25.7 Å². The van der Waals surface area contributed by atoms with Crippen LogP contribution >= 0.6 is 47.0 Å². The van der Waals surface area contributed by atoms with Crippen molar-refractivity contribution >= 4 is 63.5 Å². The van der Waals surface area contributed by atoms with E-state index < -0.39 is 0 Å². The number of hydrogen-bond donors (Lipinski definition) is 1. The predicted octanol–water partition coefficient (Wildman–Crippen LogP) is 9.11. The maximum absolute atomic E-state index is 7.03. The third kappa shape index (κ3) is 5.28. The molecule has 2 fully saturated rings. The number of rotatable bonds is 5. The Hall–Kier alpha value is -2.77. The van der Waals surface area contributed by atoms with Gasteiger partial charge in [-0.1, -0.05) is 60.8 Å². The van der Waals surface area contributed by atoms with E-state index in [1.807, 2.05) is 36.5 Å². The summed E-state index contributed by atoms with van der Waals surface area (Å²) >= 11 is 26.2. The number of anilines is 2. The number of piperidine rings is 1. The molecule has 42 heavy (non-hydrogen) atoms. The molecule has 5 nitrogen and oxygen atoms in total. The van der Waals surface area contributed by atoms with Gasteiger partial charge < -0.3 is 19.7 Å². The number of nitrogens with zero attached hydrogens (tertiary/aromatic N) is 4. The highest BCUT2D eigenvalue weighted by Gasteiger charge is 2.42. The smallest absolute Gasteiger partial charge is 0.174 e. The second kappa shape index (κ2) is 11.7. The number of halogens is 3. The Morgan fingerprint density at radius 2 is 1.64 bits per heavy atom. The minimum Gasteiger partial charge on any atom is -0.370 e. The second-order valence-electron chi connectivity index (χ2n) is 11.7. The SMILES string of the molecule is Cc1cc([C@H]2[C@H](c3ccccn3)NC(=S)N2c2ccc(N3C[C@H](C)C[C@H](C)C3)c(Cl)c2)c(C)n1-c1cccc(Cl)c1Cl. The summed E-state index contributed by atoms with van der Waals surface area (Å²) in [5.74, 6) is 1.26. The molecule has 6 rings (SSSR count). The number of nitrogens with one attached hydrogen (secondary N) is 1. The normalized spacial score (nSPS) is 22.5. The van der Waals surface area contributed by atoms with Crippen LogP contribution in [0.2, 0.25) is 15.1 Å². The Morgan fingerprint density at radius 3 is 2.33 bits per heavy atom. The zero-order chi connectivity index (χ0) is 29.7. The van der Waals surface area contributed by atoms with Crippen LogP contribution in [0.15, 0.2) is 66.9 Å². The lowest BCUT2D eigenvalue weighted by molar-refractivity contribution is 0.357. The van der Waals surface area contributed by atoms with Gasteiger partial charge in [0.05, 0.1) is 44.2 Å². The number of aromatic nitrogens is 2. The standard InChI is InChI=1S/C33H34Cl3N5S/c1-19-14-20(2)18-39(17-19)28-12-11-23(16-26(28)35)41-32(31(38-33(41)42)27-9-5-6-13-37-27)24-15-21(3)40(22(24)4)29-10-7-8-25(34)30(29)36/h5-13,15-16,19-20,31-32H,14,17-18H2,1-4H3,(H,38,42)/t19-,20+,31-,32-/m0/s1. The number of aryl methyl sites for hydroxylation is 1. The lowest BCUT2D eigenvalue weighted by Crippen LogP contribution is -2.38. The molecule has 0 amide bonds. The zero-order valence-corrected chi connectivity index (χ0v) is 27.2. The Kier molecular flexibility index (Phi) is 8.18. The molecule has 9 heteroatoms. The summed E-state index contributed by atoms with van der Waals surface area (Å²) in [6.07, 6.45) is 3.07. The third-order valence-corrected chi connectivity index (χ3v) is 9.90. The van der Waals surface area contributed by atoms with Crippen molar-refractivity contribution in [1.82, 2.24) is 14.9 Å². The highest BCUT2D eigenvalue weighted by atomic mass is 35.5. The predicted molar refractivity (Wildman–Crippen MR) is 180 cm³/mol. The maximum atomic E-state index is 7.03. The van der Waals surface area contributed by atoms with Crippen molar-refractivity contribution in [1.29, 1.82) is 0 Å². The van der Waals surface area contributed by atoms with E-state index in [2.05, 4.69) is 71.6 Å². The molecule has 2 aromatic heterocycles. The van der Waals surface area contributed by atoms with Crippen molar-refractivity contribution < 1.29 is 0 Å². The van der Waals surface area contributed by atoms with Gasteiger partial charge in [0, 0.05) is 36.4 Å². The molecule has 2 aliphatic heterocycles. The van der Waals surface area contributed by atoms with E-state index in [-0.39, 0.29) is 12.1 Å². The monoisotopic (exact) mass is 637 g/mol. The van der Waals surface area contributed by atoms with Crippen LogP contribution < -0.4 is 15.1 Å². The van der Waals surface area contributed by atoms with Gasteiger partial charge in [-0.3, -0.25) is 4.98 Å². The summed E-state index contributed by atoms with van der Waals surface area (Å²) in [7, 11) is 0. The Morgan fingerprint density at radius 1 is 0.881 bits per heavy atom. The number of hydrogen-bond acceptors (Lipinski definition) is 3. The lowest BCUT2D eigenvalue weighted by Gasteiger charge is -2.37. The van der Waals surface area contributed by atoms with E-state index in [4.69, 9.17) is 52.0 Å². The van der Waals surface area contributed by atoms with Crippen molar-refractivity contribution in [2.24, 2.45) is 11.8 Å². The van der Waals surface area contributed by atoms with Gasteiger partial charge in [0.15, 0.2) is 5.11 Å². The average molecular weight is 639 g/mol. The quantitative estimate of drug-likeness (QED) is 0.221. The molecule has 0 unspecified atom stereocenters. The van der Waals surface area contributed by atoms with E-state index in [9.17, 15) is 0 Å². The molecule has 2 aliphatic rings. The minimum atomic E-state index is -0.178. The summed E-state index contributed by atoms with van der Waals surface area (Å²) < 4.78 is 2.16. The molecule has 2 aromatic carbocycles. The van der Waals surface area contributed by atoms with Gasteiger partial charge in [0.2, 0.25) is 0 Å². The molecule has 4 atom stereocenters. The summed E-state index contributed by atoms with van der Waals surface area (Å²) in [5, 5.41) is 5.98. The van der Waals surface area contributed by atoms with Gasteiger partial charge in [-0.2, -0.15) is 0 Å². The van der Waals surface area contributed by atoms with Crippen molar-refractivity contribution in [2.75, 3.05) is 22.9 Å². The molecule has 0 radical (unpaired) electrons. The summed E-state index contributed by atoms with van der Waals surface area (Å²) in [4.78, 5) is 9.32. The van der Waals surface area contributed by atoms with Gasteiger partial charge in [-0.05, 0) is 98.4 Å². The minimum absolute atomic E-state index is 0.176. The molecule has 1 N–H and O–H groups in total. The molecular formula is C33H34Cl3N5S. The molecule has 0 saturated carbocycles. The van der Waals surface area contributed by atoms with Crippen LogP contribution in [0.3, 0.4) is 0 Å². The highest BCUT2D eigenvalue weighted by Crippen LogP contribution is 2.46. The molecule has 4 heterocycles. The van der Waals surface area contributed by atoms with E-state index in [1.165, 1.54) is 6.42 Å². The largest absolute Gasteiger partial charge is 0.370 e. The molecule has 0 bridgehead atoms. The van der Waals surface area contributed by atoms with E-state index >= 15 is 0 Å². The van der Waals surface area contributed by atoms with Crippen LogP contribution in [0.25, 0.3) is 5.69 Å². The molecule has 2 saturated heterocycles. The van der Waals surface area contributed by atoms with Gasteiger partial charge in [0.25, 0.3) is 0 Å². The van der Waals surface area contributed by atoms with Crippen LogP contribution in [0.4, 0.5) is 11.4 Å². The van der Waals surface area contributed by atoms with Gasteiger partial charge >= 0.3 is 0 Å². The topological polar surface area (TPSA) is 36.3 Å². The Labute approximate surface area is 268 Å². The first-order valence-corrected chi connectivity index (χ1v) is 15.9. The van der Waals surface area contributed by atoms with Crippen molar-refractivity contribution in [3.8, 4) is 5.69 Å². The number of thiocarbonyl (C=S) groups is 1. The van der Waals surface area contributed by atoms with Crippen molar-refractivity contribution in [3.63, 3.8) is 0 Å². The van der Waals surface area contributed by atoms with Crippen molar-refractivity contribution in [3.05, 3.63) is 105 Å². The maximum Gasteiger partial charge on any atom is 0.174 e. The fourth-order valence-electron chi connectivity index (χ4n) is 6.83. The number of benzene rings is 2. The zero-order valence-electron chi connectivity index (χ0n) is 24.1. The van der Waals surface area contributed by atoms with E-state index in [0.29, 0.717) is 27.0 Å². The van der Waals surface area contributed by atoms with Crippen LogP contribution in [0.1, 0.15) is 55.0 Å². The first-order valence-electron chi connectivity index (χ1n) is 14.3. The summed E-state index contributed by atoms with van der Waals surface area (Å²) in [6.45, 7) is 10.8. The number of pyridine rings is 1. The summed E-state index contributed by atoms with van der Waals surface area (Å²) in [6, 6.07) is 19.9. The molecule has 0 aliphatic carbocycles. The van der Waals surface area contributed by atoms with Gasteiger partial charge in [-0.25, -0.2) is 0 Å². The fourth-order valence-corrected chi connectivity index (χ4v) is 7.85. The van der Waals surface area contributed by atoms with E-state index in [0.717, 1.165) is 57.8 Å². The Bertz CT molecular complexity index is 1630. The first kappa shape index (κ1) is 29.3. The lowest BCUT2D eigenvalue weighted by atomic mass is 9.91. The highest BCUT2D eigenvalue weighted by molar-refractivity contribution is 7.80. The van der Waals surface area contributed by atoms with Gasteiger partial charge in [-0.15, -0.1) is 0 Å². The van der Waals surface area contributed by atoms with Crippen LogP contribution in [-0.2, 0) is 0 Å². The second-order valence-corrected chi connectivity index (χ2v) is 13.3. The Balaban J connectivity index is 1.45. The molecule has 218 valence electrons. The summed E-state index contributed by atoms with van der Waals surface area (Å²) in [5.41, 5.74) is 6.99. The first-order chi connectivity index (χ1) is 20.1. The average Bonchev–Trinajstić information content (AvgIpc) is 3.45. The van der Waals surface area contributed by atoms with Crippen LogP contribution in [-0.4, -0.2) is 27.8 Å². The molecular weight excluding hydrogens is 605 g/mol.